The molecule has 0 aromatic heterocycles. The van der Waals surface area contributed by atoms with E-state index in [-0.39, 0.29) is 12.1 Å². The van der Waals surface area contributed by atoms with Crippen molar-refractivity contribution in [1.82, 2.24) is 0 Å². The van der Waals surface area contributed by atoms with Crippen molar-refractivity contribution in [2.24, 2.45) is 5.73 Å². The molecule has 3 nitrogen and oxygen atoms in total. The van der Waals surface area contributed by atoms with Crippen LogP contribution in [0.4, 0.5) is 0 Å². The van der Waals surface area contributed by atoms with E-state index in [9.17, 15) is 4.79 Å². The fourth-order valence-electron chi connectivity index (χ4n) is 1.63. The second-order valence-corrected chi connectivity index (χ2v) is 3.84. The summed E-state index contributed by atoms with van der Waals surface area (Å²) in [5, 5.41) is 0. The second-order valence-electron chi connectivity index (χ2n) is 3.84. The molecule has 0 unspecified atom stereocenters. The Labute approximate surface area is 79.6 Å². The van der Waals surface area contributed by atoms with E-state index < -0.39 is 6.04 Å². The summed E-state index contributed by atoms with van der Waals surface area (Å²) in [6.07, 6.45) is 7.05. The molecule has 0 aromatic rings. The Morgan fingerprint density at radius 2 is 1.85 bits per heavy atom. The maximum Gasteiger partial charge on any atom is 0.322 e. The zero-order valence-corrected chi connectivity index (χ0v) is 8.29. The third-order valence-corrected chi connectivity index (χ3v) is 2.46. The Kier molecular flexibility index (Phi) is 4.22. The molecule has 1 saturated carbocycles. The van der Waals surface area contributed by atoms with Crippen LogP contribution in [-0.4, -0.2) is 18.1 Å². The lowest BCUT2D eigenvalue weighted by Gasteiger charge is -2.16. The molecule has 0 heterocycles. The van der Waals surface area contributed by atoms with Gasteiger partial charge in [-0.2, -0.15) is 0 Å². The van der Waals surface area contributed by atoms with Crippen molar-refractivity contribution in [2.75, 3.05) is 0 Å². The van der Waals surface area contributed by atoms with Crippen LogP contribution in [0.15, 0.2) is 0 Å². The van der Waals surface area contributed by atoms with Gasteiger partial charge in [0.15, 0.2) is 0 Å². The molecule has 1 atom stereocenters. The van der Waals surface area contributed by atoms with Crippen LogP contribution in [0.25, 0.3) is 0 Å². The highest BCUT2D eigenvalue weighted by atomic mass is 16.5. The third-order valence-electron chi connectivity index (χ3n) is 2.46. The summed E-state index contributed by atoms with van der Waals surface area (Å²) in [5.41, 5.74) is 5.42. The van der Waals surface area contributed by atoms with Crippen molar-refractivity contribution in [1.29, 1.82) is 0 Å². The van der Waals surface area contributed by atoms with E-state index in [1.54, 1.807) is 6.92 Å². The molecular weight excluding hydrogens is 166 g/mol. The van der Waals surface area contributed by atoms with Gasteiger partial charge in [0.1, 0.15) is 12.1 Å². The van der Waals surface area contributed by atoms with Crippen molar-refractivity contribution in [3.63, 3.8) is 0 Å². The quantitative estimate of drug-likeness (QED) is 0.525. The third kappa shape index (κ3) is 3.77. The van der Waals surface area contributed by atoms with E-state index in [2.05, 4.69) is 0 Å². The van der Waals surface area contributed by atoms with Gasteiger partial charge in [-0.3, -0.25) is 4.79 Å². The molecule has 1 aliphatic carbocycles. The largest absolute Gasteiger partial charge is 0.461 e. The second kappa shape index (κ2) is 5.22. The summed E-state index contributed by atoms with van der Waals surface area (Å²) in [7, 11) is 0. The van der Waals surface area contributed by atoms with Crippen LogP contribution in [0.2, 0.25) is 0 Å². The van der Waals surface area contributed by atoms with Gasteiger partial charge in [0.2, 0.25) is 0 Å². The van der Waals surface area contributed by atoms with E-state index >= 15 is 0 Å². The molecule has 76 valence electrons. The summed E-state index contributed by atoms with van der Waals surface area (Å²) in [5.74, 6) is -0.258. The van der Waals surface area contributed by atoms with Crippen molar-refractivity contribution in [3.05, 3.63) is 0 Å². The Hall–Kier alpha value is -0.570. The molecule has 0 aromatic carbocycles. The number of ether oxygens (including phenoxy) is 1. The fourth-order valence-corrected chi connectivity index (χ4v) is 1.63. The molecule has 0 amide bonds. The van der Waals surface area contributed by atoms with E-state index in [1.807, 2.05) is 0 Å². The molecule has 0 spiro atoms. The van der Waals surface area contributed by atoms with Crippen LogP contribution in [0.5, 0.6) is 0 Å². The minimum atomic E-state index is -0.483. The molecule has 0 saturated heterocycles. The van der Waals surface area contributed by atoms with Crippen LogP contribution in [-0.2, 0) is 9.53 Å². The van der Waals surface area contributed by atoms with Gasteiger partial charge in [-0.1, -0.05) is 12.8 Å². The van der Waals surface area contributed by atoms with Gasteiger partial charge < -0.3 is 10.5 Å². The van der Waals surface area contributed by atoms with E-state index in [1.165, 1.54) is 25.7 Å². The SMILES string of the molecule is C[C@H](N)C(=O)OC1CCCCCC1. The lowest BCUT2D eigenvalue weighted by atomic mass is 10.1. The van der Waals surface area contributed by atoms with Crippen molar-refractivity contribution in [3.8, 4) is 0 Å². The number of hydrogen-bond donors (Lipinski definition) is 1. The Morgan fingerprint density at radius 3 is 2.31 bits per heavy atom. The highest BCUT2D eigenvalue weighted by Gasteiger charge is 2.18. The normalized spacial score (nSPS) is 22.0. The van der Waals surface area contributed by atoms with Gasteiger partial charge in [-0.15, -0.1) is 0 Å². The number of carbonyl (C=O) groups excluding carboxylic acids is 1. The topological polar surface area (TPSA) is 52.3 Å². The molecule has 1 rings (SSSR count). The first-order valence-corrected chi connectivity index (χ1v) is 5.16. The lowest BCUT2D eigenvalue weighted by molar-refractivity contribution is -0.150. The molecular formula is C10H19NO2. The molecule has 0 aliphatic heterocycles. The van der Waals surface area contributed by atoms with Crippen LogP contribution in [0.3, 0.4) is 0 Å². The van der Waals surface area contributed by atoms with Crippen molar-refractivity contribution in [2.45, 2.75) is 57.6 Å². The molecule has 13 heavy (non-hydrogen) atoms. The van der Waals surface area contributed by atoms with Gasteiger partial charge in [-0.25, -0.2) is 0 Å². The van der Waals surface area contributed by atoms with Gasteiger partial charge >= 0.3 is 5.97 Å². The predicted molar refractivity (Wildman–Crippen MR) is 51.2 cm³/mol. The lowest BCUT2D eigenvalue weighted by Crippen LogP contribution is -2.32. The Bertz CT molecular complexity index is 160. The summed E-state index contributed by atoms with van der Waals surface area (Å²) in [6.45, 7) is 1.67. The molecule has 0 radical (unpaired) electrons. The summed E-state index contributed by atoms with van der Waals surface area (Å²) >= 11 is 0. The maximum atomic E-state index is 11.2. The average molecular weight is 185 g/mol. The molecule has 1 aliphatic rings. The molecule has 2 N–H and O–H groups in total. The Balaban J connectivity index is 2.29. The van der Waals surface area contributed by atoms with Crippen molar-refractivity contribution >= 4 is 5.97 Å². The van der Waals surface area contributed by atoms with Crippen LogP contribution in [0.1, 0.15) is 45.4 Å². The monoisotopic (exact) mass is 185 g/mol. The first kappa shape index (κ1) is 10.5. The Morgan fingerprint density at radius 1 is 1.31 bits per heavy atom. The number of nitrogens with two attached hydrogens (primary N) is 1. The van der Waals surface area contributed by atoms with E-state index in [4.69, 9.17) is 10.5 Å². The first-order valence-electron chi connectivity index (χ1n) is 5.16. The molecule has 1 fully saturated rings. The standard InChI is InChI=1S/C10H19NO2/c1-8(11)10(12)13-9-6-4-2-3-5-7-9/h8-9H,2-7,11H2,1H3/t8-/m0/s1. The minimum Gasteiger partial charge on any atom is -0.461 e. The smallest absolute Gasteiger partial charge is 0.322 e. The maximum absolute atomic E-state index is 11.2. The molecule has 3 heteroatoms. The van der Waals surface area contributed by atoms with Crippen LogP contribution < -0.4 is 5.73 Å². The number of hydrogen-bond acceptors (Lipinski definition) is 3. The van der Waals surface area contributed by atoms with Gasteiger partial charge in [-0.05, 0) is 32.6 Å². The van der Waals surface area contributed by atoms with E-state index in [0.29, 0.717) is 0 Å². The zero-order chi connectivity index (χ0) is 9.68. The highest BCUT2D eigenvalue weighted by molar-refractivity contribution is 5.75. The summed E-state index contributed by atoms with van der Waals surface area (Å²) in [4.78, 5) is 11.2. The van der Waals surface area contributed by atoms with Crippen molar-refractivity contribution < 1.29 is 9.53 Å². The van der Waals surface area contributed by atoms with E-state index in [0.717, 1.165) is 12.8 Å². The zero-order valence-electron chi connectivity index (χ0n) is 8.29. The highest BCUT2D eigenvalue weighted by Crippen LogP contribution is 2.19. The summed E-state index contributed by atoms with van der Waals surface area (Å²) < 4.78 is 5.27. The summed E-state index contributed by atoms with van der Waals surface area (Å²) in [6, 6.07) is -0.483. The van der Waals surface area contributed by atoms with Crippen LogP contribution >= 0.6 is 0 Å². The van der Waals surface area contributed by atoms with Gasteiger partial charge in [0, 0.05) is 0 Å². The van der Waals surface area contributed by atoms with Gasteiger partial charge in [0.25, 0.3) is 0 Å². The average Bonchev–Trinajstić information content (AvgIpc) is 2.32. The minimum absolute atomic E-state index is 0.126. The predicted octanol–water partition coefficient (Wildman–Crippen LogP) is 1.60. The number of esters is 1. The first-order chi connectivity index (χ1) is 6.20. The number of carbonyl (C=O) groups is 1. The van der Waals surface area contributed by atoms with Gasteiger partial charge in [0.05, 0.1) is 0 Å². The molecule has 0 bridgehead atoms. The van der Waals surface area contributed by atoms with Crippen LogP contribution in [0, 0.1) is 0 Å². The number of rotatable bonds is 2. The fraction of sp³-hybridized carbons (Fsp3) is 0.900.